The Labute approximate surface area is 376 Å². The molecule has 1 saturated heterocycles. The smallest absolute Gasteiger partial charge is 0.381 e. The standard InChI is InChI=1S/C49H48F2N10O5/c1-26-20-34(21-27(2)42(26)50)61-44(58-17-16-57(48(58)64)39-11-10-38-35(43(39)51)25-52-60(38)33-6-5-7-33)41-29(4)56(15-12-36(41)54-61)45(62)40-23-32-22-31(30-13-18-65-19-14-30)8-9-37(32)59(40)49(24-28(49)3)46-53-47(63)66-55-46/h8-11,16-17,20-23,25,28-30,33H,5-7,12-15,18-19,24H2,1-4H3,(H,53,55,63). The number of nitrogens with one attached hydrogen (secondary N) is 1. The lowest BCUT2D eigenvalue weighted by atomic mass is 9.91. The Bertz CT molecular complexity index is 3390. The van der Waals surface area contributed by atoms with Gasteiger partial charge >= 0.3 is 11.4 Å². The van der Waals surface area contributed by atoms with Crippen molar-refractivity contribution in [2.75, 3.05) is 19.8 Å². The molecule has 5 aromatic heterocycles. The van der Waals surface area contributed by atoms with E-state index in [0.717, 1.165) is 43.0 Å². The molecule has 3 unspecified atom stereocenters. The molecule has 8 aromatic rings. The molecule has 3 aromatic carbocycles. The maximum absolute atomic E-state index is 16.5. The summed E-state index contributed by atoms with van der Waals surface area (Å²) in [6.07, 6.45) is 10.5. The lowest BCUT2D eigenvalue weighted by Crippen LogP contribution is -2.41. The molecule has 2 aliphatic heterocycles. The van der Waals surface area contributed by atoms with Gasteiger partial charge in [0.15, 0.2) is 11.6 Å². The number of fused-ring (bicyclic) bond motifs is 3. The minimum atomic E-state index is -0.845. The van der Waals surface area contributed by atoms with Gasteiger partial charge in [0.2, 0.25) is 0 Å². The van der Waals surface area contributed by atoms with Crippen LogP contribution in [-0.2, 0) is 16.7 Å². The van der Waals surface area contributed by atoms with Gasteiger partial charge in [-0.25, -0.2) is 23.1 Å². The van der Waals surface area contributed by atoms with Gasteiger partial charge in [-0.05, 0) is 130 Å². The molecule has 15 nitrogen and oxygen atoms in total. The predicted molar refractivity (Wildman–Crippen MR) is 240 cm³/mol. The van der Waals surface area contributed by atoms with Crippen molar-refractivity contribution >= 4 is 27.7 Å². The first-order valence-electron chi connectivity index (χ1n) is 22.9. The van der Waals surface area contributed by atoms with Crippen molar-refractivity contribution in [2.24, 2.45) is 5.92 Å². The maximum atomic E-state index is 16.5. The van der Waals surface area contributed by atoms with Gasteiger partial charge in [0.1, 0.15) is 22.9 Å². The van der Waals surface area contributed by atoms with Gasteiger partial charge in [0.05, 0.1) is 46.3 Å². The van der Waals surface area contributed by atoms with E-state index < -0.39 is 28.8 Å². The highest BCUT2D eigenvalue weighted by Crippen LogP contribution is 2.56. The van der Waals surface area contributed by atoms with Crippen LogP contribution in [0.1, 0.15) is 115 Å². The average molecular weight is 895 g/mol. The summed E-state index contributed by atoms with van der Waals surface area (Å²) in [6.45, 7) is 9.03. The first-order valence-corrected chi connectivity index (χ1v) is 22.9. The summed E-state index contributed by atoms with van der Waals surface area (Å²) in [5.74, 6) is -0.780. The van der Waals surface area contributed by atoms with Gasteiger partial charge in [-0.1, -0.05) is 18.1 Å². The number of nitrogens with zero attached hydrogens (tertiary/aromatic N) is 9. The molecule has 3 atom stereocenters. The number of aromatic nitrogens is 9. The third kappa shape index (κ3) is 5.93. The number of hydrogen-bond acceptors (Lipinski definition) is 8. The zero-order valence-electron chi connectivity index (χ0n) is 37.1. The normalized spacial score (nSPS) is 21.2. The van der Waals surface area contributed by atoms with Crippen LogP contribution in [0, 0.1) is 31.4 Å². The molecule has 7 heterocycles. The number of carbonyl (C=O) groups excluding carboxylic acids is 1. The van der Waals surface area contributed by atoms with E-state index in [2.05, 4.69) is 40.4 Å². The van der Waals surface area contributed by atoms with Crippen molar-refractivity contribution in [3.8, 4) is 17.2 Å². The maximum Gasteiger partial charge on any atom is 0.438 e. The van der Waals surface area contributed by atoms with Crippen LogP contribution in [0.4, 0.5) is 8.78 Å². The van der Waals surface area contributed by atoms with Gasteiger partial charge in [0, 0.05) is 55.0 Å². The lowest BCUT2D eigenvalue weighted by molar-refractivity contribution is 0.0663. The van der Waals surface area contributed by atoms with Crippen LogP contribution in [0.15, 0.2) is 81.2 Å². The minimum Gasteiger partial charge on any atom is -0.381 e. The Balaban J connectivity index is 0.993. The van der Waals surface area contributed by atoms with Crippen molar-refractivity contribution in [2.45, 2.75) is 96.2 Å². The summed E-state index contributed by atoms with van der Waals surface area (Å²) < 4.78 is 50.6. The fourth-order valence-corrected chi connectivity index (χ4v) is 11.1. The lowest BCUT2D eigenvalue weighted by Gasteiger charge is -2.34. The van der Waals surface area contributed by atoms with E-state index in [4.69, 9.17) is 14.4 Å². The molecule has 4 aliphatic rings. The molecule has 0 bridgehead atoms. The molecular formula is C49H48F2N10O5. The van der Waals surface area contributed by atoms with Gasteiger partial charge in [-0.3, -0.25) is 28.1 Å². The molecule has 17 heteroatoms. The number of carbonyl (C=O) groups is 1. The monoisotopic (exact) mass is 894 g/mol. The molecule has 2 aliphatic carbocycles. The molecule has 12 rings (SSSR count). The van der Waals surface area contributed by atoms with Crippen LogP contribution in [0.5, 0.6) is 0 Å². The number of H-pyrrole nitrogens is 1. The largest absolute Gasteiger partial charge is 0.438 e. The predicted octanol–water partition coefficient (Wildman–Crippen LogP) is 7.85. The summed E-state index contributed by atoms with van der Waals surface area (Å²) in [5.41, 5.74) is 4.42. The third-order valence-electron chi connectivity index (χ3n) is 15.0. The summed E-state index contributed by atoms with van der Waals surface area (Å²) >= 11 is 0. The van der Waals surface area contributed by atoms with E-state index in [1.54, 1.807) is 47.8 Å². The van der Waals surface area contributed by atoms with Crippen molar-refractivity contribution in [1.29, 1.82) is 0 Å². The van der Waals surface area contributed by atoms with Crippen LogP contribution in [0.3, 0.4) is 0 Å². The van der Waals surface area contributed by atoms with Crippen LogP contribution in [-0.4, -0.2) is 74.0 Å². The van der Waals surface area contributed by atoms with Crippen LogP contribution in [0.25, 0.3) is 39.0 Å². The SMILES string of the molecule is Cc1cc(-n2nc3c(c2-n2ccn(-c4ccc5c(cnn5C5CCC5)c4F)c2=O)C(C)N(C(=O)c2cc4cc(C5CCOCC5)ccc4n2C2(c4noc(=O)[nH]4)CC2C)CC3)cc(C)c1F. The van der Waals surface area contributed by atoms with Crippen LogP contribution < -0.4 is 11.4 Å². The molecule has 3 fully saturated rings. The number of ether oxygens (including phenoxy) is 1. The van der Waals surface area contributed by atoms with E-state index in [-0.39, 0.29) is 29.4 Å². The molecule has 2 saturated carbocycles. The van der Waals surface area contributed by atoms with Gasteiger partial charge in [-0.15, -0.1) is 0 Å². The number of aryl methyl sites for hydroxylation is 2. The fraction of sp³-hybridized carbons (Fsp3) is 0.388. The van der Waals surface area contributed by atoms with Gasteiger partial charge in [-0.2, -0.15) is 10.2 Å². The Hall–Kier alpha value is -6.88. The number of halogens is 2. The van der Waals surface area contributed by atoms with E-state index in [0.29, 0.717) is 94.8 Å². The number of benzene rings is 3. The second-order valence-corrected chi connectivity index (χ2v) is 18.8. The quantitative estimate of drug-likeness (QED) is 0.162. The zero-order chi connectivity index (χ0) is 45.3. The molecule has 0 spiro atoms. The zero-order valence-corrected chi connectivity index (χ0v) is 37.1. The highest BCUT2D eigenvalue weighted by molar-refractivity contribution is 6.00. The van der Waals surface area contributed by atoms with Crippen molar-refractivity contribution < 1.29 is 22.8 Å². The highest BCUT2D eigenvalue weighted by Gasteiger charge is 2.59. The molecule has 66 heavy (non-hydrogen) atoms. The Morgan fingerprint density at radius 3 is 2.35 bits per heavy atom. The van der Waals surface area contributed by atoms with E-state index in [1.807, 2.05) is 28.3 Å². The first kappa shape index (κ1) is 40.6. The van der Waals surface area contributed by atoms with Crippen LogP contribution in [0.2, 0.25) is 0 Å². The van der Waals surface area contributed by atoms with E-state index in [1.165, 1.54) is 27.1 Å². The topological polar surface area (TPSA) is 156 Å². The number of aromatic amines is 1. The number of hydrogen-bond donors (Lipinski definition) is 1. The number of imidazole rings is 1. The molecular weight excluding hydrogens is 847 g/mol. The highest BCUT2D eigenvalue weighted by atomic mass is 19.1. The van der Waals surface area contributed by atoms with E-state index >= 15 is 13.6 Å². The van der Waals surface area contributed by atoms with Crippen LogP contribution >= 0.6 is 0 Å². The molecule has 0 radical (unpaired) electrons. The summed E-state index contributed by atoms with van der Waals surface area (Å²) in [7, 11) is 0. The Kier molecular flexibility index (Phi) is 9.12. The second-order valence-electron chi connectivity index (χ2n) is 18.8. The number of rotatable bonds is 8. The second kappa shape index (κ2) is 14.8. The summed E-state index contributed by atoms with van der Waals surface area (Å²) in [5, 5.41) is 15.0. The Morgan fingerprint density at radius 1 is 0.909 bits per heavy atom. The fourth-order valence-electron chi connectivity index (χ4n) is 11.1. The summed E-state index contributed by atoms with van der Waals surface area (Å²) in [6, 6.07) is 14.7. The third-order valence-corrected chi connectivity index (χ3v) is 15.0. The van der Waals surface area contributed by atoms with Crippen molar-refractivity contribution in [3.05, 3.63) is 139 Å². The molecule has 1 N–H and O–H groups in total. The molecule has 338 valence electrons. The molecule has 1 amide bonds. The van der Waals surface area contributed by atoms with Crippen molar-refractivity contribution in [1.82, 2.24) is 48.3 Å². The van der Waals surface area contributed by atoms with Gasteiger partial charge in [0.25, 0.3) is 5.91 Å². The summed E-state index contributed by atoms with van der Waals surface area (Å²) in [4.78, 5) is 47.3. The minimum absolute atomic E-state index is 0.00815. The first-order chi connectivity index (χ1) is 31.9. The van der Waals surface area contributed by atoms with E-state index in [9.17, 15) is 9.59 Å². The number of amides is 1. The van der Waals surface area contributed by atoms with Gasteiger partial charge < -0.3 is 14.2 Å². The Morgan fingerprint density at radius 2 is 1.65 bits per heavy atom. The van der Waals surface area contributed by atoms with Crippen molar-refractivity contribution in [3.63, 3.8) is 0 Å². The average Bonchev–Trinajstić information content (AvgIpc) is 3.94.